The van der Waals surface area contributed by atoms with Crippen molar-refractivity contribution >= 4 is 9.84 Å². The van der Waals surface area contributed by atoms with Gasteiger partial charge >= 0.3 is 0 Å². The molecule has 0 aliphatic rings. The Kier molecular flexibility index (Phi) is 5.94. The third-order valence-electron chi connectivity index (χ3n) is 4.53. The van der Waals surface area contributed by atoms with Gasteiger partial charge < -0.3 is 10.4 Å². The van der Waals surface area contributed by atoms with E-state index < -0.39 is 9.84 Å². The minimum atomic E-state index is -3.68. The van der Waals surface area contributed by atoms with Crippen molar-refractivity contribution in [2.45, 2.75) is 35.7 Å². The zero-order valence-corrected chi connectivity index (χ0v) is 16.0. The Labute approximate surface area is 160 Å². The summed E-state index contributed by atoms with van der Waals surface area (Å²) in [6, 6.07) is 22.7. The molecule has 0 aliphatic carbocycles. The molecule has 1 atom stereocenters. The molecule has 0 heterocycles. The number of aromatic hydroxyl groups is 1. The van der Waals surface area contributed by atoms with Crippen LogP contribution in [0.1, 0.15) is 30.5 Å². The van der Waals surface area contributed by atoms with Gasteiger partial charge in [-0.3, -0.25) is 0 Å². The quantitative estimate of drug-likeness (QED) is 0.634. The van der Waals surface area contributed by atoms with Gasteiger partial charge in [-0.2, -0.15) is 0 Å². The van der Waals surface area contributed by atoms with Gasteiger partial charge in [0.25, 0.3) is 0 Å². The fraction of sp³-hybridized carbons (Fsp3) is 0.182. The zero-order chi connectivity index (χ0) is 19.3. The van der Waals surface area contributed by atoms with Crippen LogP contribution in [-0.4, -0.2) is 13.5 Å². The average Bonchev–Trinajstić information content (AvgIpc) is 2.70. The molecule has 2 N–H and O–H groups in total. The molecule has 3 aromatic carbocycles. The highest BCUT2D eigenvalue weighted by Crippen LogP contribution is 2.30. The Morgan fingerprint density at radius 3 is 2.19 bits per heavy atom. The van der Waals surface area contributed by atoms with Gasteiger partial charge in [-0.05, 0) is 47.9 Å². The van der Waals surface area contributed by atoms with Crippen LogP contribution < -0.4 is 5.32 Å². The maximum absolute atomic E-state index is 13.2. The molecule has 0 amide bonds. The summed E-state index contributed by atoms with van der Waals surface area (Å²) in [5.74, 6) is 0.0400. The maximum atomic E-state index is 13.2. The molecule has 0 saturated heterocycles. The summed E-state index contributed by atoms with van der Waals surface area (Å²) >= 11 is 0. The lowest BCUT2D eigenvalue weighted by atomic mass is 10.0. The molecule has 0 aliphatic heterocycles. The van der Waals surface area contributed by atoms with E-state index in [1.54, 1.807) is 12.1 Å². The molecule has 27 heavy (non-hydrogen) atoms. The standard InChI is InChI=1S/C22H23NO3S/c1-2-21(23-16-17-8-4-3-5-9-17)20-10-6-7-11-22(20)27(25,26)19-14-12-18(24)13-15-19/h3-15,21,23-24H,2,16H2,1H3/t21-/m1/s1. The van der Waals surface area contributed by atoms with Gasteiger partial charge in [0, 0.05) is 12.6 Å². The van der Waals surface area contributed by atoms with Crippen LogP contribution in [0.3, 0.4) is 0 Å². The molecule has 4 nitrogen and oxygen atoms in total. The minimum absolute atomic E-state index is 0.0400. The van der Waals surface area contributed by atoms with Gasteiger partial charge in [0.05, 0.1) is 9.79 Å². The molecule has 3 aromatic rings. The van der Waals surface area contributed by atoms with Crippen LogP contribution in [0.25, 0.3) is 0 Å². The van der Waals surface area contributed by atoms with Gasteiger partial charge in [-0.25, -0.2) is 8.42 Å². The van der Waals surface area contributed by atoms with Crippen LogP contribution in [0.5, 0.6) is 5.75 Å². The summed E-state index contributed by atoms with van der Waals surface area (Å²) in [6.07, 6.45) is 0.759. The molecule has 0 fully saturated rings. The second-order valence-electron chi connectivity index (χ2n) is 6.36. The second-order valence-corrected chi connectivity index (χ2v) is 8.28. The molecule has 0 bridgehead atoms. The van der Waals surface area contributed by atoms with Crippen molar-refractivity contribution in [3.05, 3.63) is 90.0 Å². The number of sulfone groups is 1. The molecule has 5 heteroatoms. The third-order valence-corrected chi connectivity index (χ3v) is 6.38. The van der Waals surface area contributed by atoms with Crippen molar-refractivity contribution in [3.63, 3.8) is 0 Å². The molecule has 0 radical (unpaired) electrons. The normalized spacial score (nSPS) is 12.6. The second kappa shape index (κ2) is 8.37. The van der Waals surface area contributed by atoms with Crippen molar-refractivity contribution in [1.82, 2.24) is 5.32 Å². The fourth-order valence-corrected chi connectivity index (χ4v) is 4.60. The summed E-state index contributed by atoms with van der Waals surface area (Å²) in [5, 5.41) is 12.9. The van der Waals surface area contributed by atoms with Crippen LogP contribution in [0.4, 0.5) is 0 Å². The number of hydrogen-bond acceptors (Lipinski definition) is 4. The van der Waals surface area contributed by atoms with Gasteiger partial charge in [-0.1, -0.05) is 55.5 Å². The largest absolute Gasteiger partial charge is 0.508 e. The summed E-state index contributed by atoms with van der Waals surface area (Å²) in [5.41, 5.74) is 1.90. The topological polar surface area (TPSA) is 66.4 Å². The van der Waals surface area contributed by atoms with Crippen LogP contribution in [0, 0.1) is 0 Å². The van der Waals surface area contributed by atoms with Crippen molar-refractivity contribution in [2.75, 3.05) is 0 Å². The third kappa shape index (κ3) is 4.38. The summed E-state index contributed by atoms with van der Waals surface area (Å²) in [4.78, 5) is 0.466. The predicted octanol–water partition coefficient (Wildman–Crippen LogP) is 4.47. The van der Waals surface area contributed by atoms with Gasteiger partial charge in [-0.15, -0.1) is 0 Å². The fourth-order valence-electron chi connectivity index (χ4n) is 3.08. The highest BCUT2D eigenvalue weighted by atomic mass is 32.2. The van der Waals surface area contributed by atoms with Crippen LogP contribution in [-0.2, 0) is 16.4 Å². The molecular weight excluding hydrogens is 358 g/mol. The smallest absolute Gasteiger partial charge is 0.206 e. The maximum Gasteiger partial charge on any atom is 0.206 e. The van der Waals surface area contributed by atoms with E-state index in [0.29, 0.717) is 11.4 Å². The molecule has 0 saturated carbocycles. The first-order valence-corrected chi connectivity index (χ1v) is 10.4. The van der Waals surface area contributed by atoms with E-state index in [-0.39, 0.29) is 16.7 Å². The first-order chi connectivity index (χ1) is 13.0. The van der Waals surface area contributed by atoms with Crippen molar-refractivity contribution in [2.24, 2.45) is 0 Å². The Bertz CT molecular complexity index is 984. The van der Waals surface area contributed by atoms with Gasteiger partial charge in [0.15, 0.2) is 0 Å². The monoisotopic (exact) mass is 381 g/mol. The Morgan fingerprint density at radius 1 is 0.889 bits per heavy atom. The Balaban J connectivity index is 1.93. The number of rotatable bonds is 7. The zero-order valence-electron chi connectivity index (χ0n) is 15.2. The number of benzene rings is 3. The summed E-state index contributed by atoms with van der Waals surface area (Å²) in [6.45, 7) is 2.69. The molecule has 140 valence electrons. The van der Waals surface area contributed by atoms with E-state index in [4.69, 9.17) is 0 Å². The van der Waals surface area contributed by atoms with Gasteiger partial charge in [0.1, 0.15) is 5.75 Å². The predicted molar refractivity (Wildman–Crippen MR) is 106 cm³/mol. The molecule has 0 aromatic heterocycles. The first-order valence-electron chi connectivity index (χ1n) is 8.92. The lowest BCUT2D eigenvalue weighted by molar-refractivity contribution is 0.474. The lowest BCUT2D eigenvalue weighted by Crippen LogP contribution is -2.22. The molecule has 3 rings (SSSR count). The van der Waals surface area contributed by atoms with Crippen molar-refractivity contribution in [3.8, 4) is 5.75 Å². The van der Waals surface area contributed by atoms with E-state index in [1.165, 1.54) is 24.3 Å². The first kappa shape index (κ1) is 19.1. The Morgan fingerprint density at radius 2 is 1.52 bits per heavy atom. The molecule has 0 spiro atoms. The average molecular weight is 381 g/mol. The van der Waals surface area contributed by atoms with Crippen molar-refractivity contribution in [1.29, 1.82) is 0 Å². The number of phenols is 1. The lowest BCUT2D eigenvalue weighted by Gasteiger charge is -2.21. The van der Waals surface area contributed by atoms with Gasteiger partial charge in [0.2, 0.25) is 9.84 Å². The molecular formula is C22H23NO3S. The van der Waals surface area contributed by atoms with E-state index >= 15 is 0 Å². The number of hydrogen-bond donors (Lipinski definition) is 2. The number of phenolic OH excluding ortho intramolecular Hbond substituents is 1. The van der Waals surface area contributed by atoms with E-state index in [9.17, 15) is 13.5 Å². The highest BCUT2D eigenvalue weighted by Gasteiger charge is 2.24. The van der Waals surface area contributed by atoms with Crippen LogP contribution >= 0.6 is 0 Å². The minimum Gasteiger partial charge on any atom is -0.508 e. The summed E-state index contributed by atoms with van der Waals surface area (Å²) in [7, 11) is -3.68. The molecule has 0 unspecified atom stereocenters. The number of nitrogens with one attached hydrogen (secondary N) is 1. The van der Waals surface area contributed by atoms with E-state index in [0.717, 1.165) is 17.5 Å². The Hall–Kier alpha value is -2.63. The van der Waals surface area contributed by atoms with E-state index in [2.05, 4.69) is 5.32 Å². The highest BCUT2D eigenvalue weighted by molar-refractivity contribution is 7.91. The van der Waals surface area contributed by atoms with Crippen molar-refractivity contribution < 1.29 is 13.5 Å². The summed E-state index contributed by atoms with van der Waals surface area (Å²) < 4.78 is 26.3. The van der Waals surface area contributed by atoms with E-state index in [1.807, 2.05) is 49.4 Å². The van der Waals surface area contributed by atoms with Crippen LogP contribution in [0.15, 0.2) is 88.7 Å². The SMILES string of the molecule is CC[C@@H](NCc1ccccc1)c1ccccc1S(=O)(=O)c1ccc(O)cc1. The van der Waals surface area contributed by atoms with Crippen LogP contribution in [0.2, 0.25) is 0 Å².